The van der Waals surface area contributed by atoms with Gasteiger partial charge in [0.15, 0.2) is 0 Å². The molecular weight excluding hydrogens is 426 g/mol. The van der Waals surface area contributed by atoms with Crippen molar-refractivity contribution < 1.29 is 14.7 Å². The van der Waals surface area contributed by atoms with E-state index in [1.165, 1.54) is 5.56 Å². The number of hydrogen-bond acceptors (Lipinski definition) is 4. The fourth-order valence-electron chi connectivity index (χ4n) is 4.20. The molecule has 172 valence electrons. The molecule has 1 saturated heterocycles. The quantitative estimate of drug-likeness (QED) is 0.382. The van der Waals surface area contributed by atoms with Crippen molar-refractivity contribution in [1.82, 2.24) is 4.90 Å². The second-order valence-electron chi connectivity index (χ2n) is 8.23. The zero-order valence-electron chi connectivity index (χ0n) is 18.9. The average Bonchev–Trinajstić information content (AvgIpc) is 3.32. The van der Waals surface area contributed by atoms with Gasteiger partial charge in [0.1, 0.15) is 5.70 Å². The van der Waals surface area contributed by atoms with Gasteiger partial charge in [0.2, 0.25) is 5.91 Å². The van der Waals surface area contributed by atoms with Crippen LogP contribution in [0.5, 0.6) is 0 Å². The Morgan fingerprint density at radius 2 is 1.62 bits per heavy atom. The number of aliphatic imine (C=N–C) groups is 1. The molecule has 1 atom stereocenters. The number of aliphatic carboxylic acids is 1. The zero-order chi connectivity index (χ0) is 23.9. The lowest BCUT2D eigenvalue weighted by molar-refractivity contribution is -0.132. The summed E-state index contributed by atoms with van der Waals surface area (Å²) in [5, 5.41) is 12.4. The smallest absolute Gasteiger partial charge is 0.353 e. The zero-order valence-corrected chi connectivity index (χ0v) is 18.9. The van der Waals surface area contributed by atoms with Gasteiger partial charge in [-0.15, -0.1) is 0 Å². The number of anilines is 1. The summed E-state index contributed by atoms with van der Waals surface area (Å²) >= 11 is 0. The molecule has 1 fully saturated rings. The molecular formula is C28H27N3O3. The van der Waals surface area contributed by atoms with Crippen molar-refractivity contribution in [3.05, 3.63) is 114 Å². The summed E-state index contributed by atoms with van der Waals surface area (Å²) in [5.74, 6) is -1.28. The Morgan fingerprint density at radius 3 is 2.32 bits per heavy atom. The number of carboxylic acids is 1. The van der Waals surface area contributed by atoms with Crippen LogP contribution in [-0.4, -0.2) is 40.2 Å². The second kappa shape index (κ2) is 10.7. The van der Waals surface area contributed by atoms with Gasteiger partial charge in [-0.1, -0.05) is 85.4 Å². The number of nitrogens with one attached hydrogen (secondary N) is 1. The van der Waals surface area contributed by atoms with E-state index in [1.54, 1.807) is 0 Å². The van der Waals surface area contributed by atoms with Gasteiger partial charge in [-0.2, -0.15) is 0 Å². The molecule has 1 heterocycles. The lowest BCUT2D eigenvalue weighted by Gasteiger charge is -2.24. The number of carbonyl (C=O) groups excluding carboxylic acids is 1. The highest BCUT2D eigenvalue weighted by Gasteiger charge is 2.31. The molecule has 2 N–H and O–H groups in total. The number of carbonyl (C=O) groups is 2. The summed E-state index contributed by atoms with van der Waals surface area (Å²) in [4.78, 5) is 31.3. The fourth-order valence-corrected chi connectivity index (χ4v) is 4.20. The first-order chi connectivity index (χ1) is 16.5. The Morgan fingerprint density at radius 1 is 0.971 bits per heavy atom. The Bertz CT molecular complexity index is 1210. The van der Waals surface area contributed by atoms with Gasteiger partial charge in [-0.3, -0.25) is 9.69 Å². The fraction of sp³-hybridized carbons (Fsp3) is 0.179. The highest BCUT2D eigenvalue weighted by atomic mass is 16.4. The summed E-state index contributed by atoms with van der Waals surface area (Å²) in [7, 11) is 0. The lowest BCUT2D eigenvalue weighted by atomic mass is 10.00. The Kier molecular flexibility index (Phi) is 7.30. The number of likely N-dealkylation sites (tertiary alicyclic amines) is 1. The van der Waals surface area contributed by atoms with E-state index in [0.717, 1.165) is 31.5 Å². The van der Waals surface area contributed by atoms with Gasteiger partial charge >= 0.3 is 5.97 Å². The number of carboxylic acid groups (broad SMARTS) is 1. The minimum atomic E-state index is -1.20. The van der Waals surface area contributed by atoms with Crippen LogP contribution in [0.3, 0.4) is 0 Å². The number of nitrogens with zero attached hydrogens (tertiary/aromatic N) is 2. The molecule has 1 aliphatic rings. The molecule has 4 rings (SSSR count). The largest absolute Gasteiger partial charge is 0.477 e. The summed E-state index contributed by atoms with van der Waals surface area (Å²) < 4.78 is 0. The van der Waals surface area contributed by atoms with Crippen molar-refractivity contribution in [2.24, 2.45) is 4.99 Å². The first-order valence-corrected chi connectivity index (χ1v) is 11.3. The highest BCUT2D eigenvalue weighted by molar-refractivity contribution is 6.18. The Labute approximate surface area is 199 Å². The van der Waals surface area contributed by atoms with Crippen LogP contribution < -0.4 is 5.32 Å². The van der Waals surface area contributed by atoms with Gasteiger partial charge in [-0.05, 0) is 31.0 Å². The maximum atomic E-state index is 13.4. The van der Waals surface area contributed by atoms with E-state index < -0.39 is 5.97 Å². The van der Waals surface area contributed by atoms with Crippen LogP contribution in [0.4, 0.5) is 5.69 Å². The maximum absolute atomic E-state index is 13.4. The lowest BCUT2D eigenvalue weighted by Crippen LogP contribution is -2.39. The third-order valence-electron chi connectivity index (χ3n) is 5.88. The molecule has 3 aromatic rings. The Hall–Kier alpha value is -4.03. The van der Waals surface area contributed by atoms with E-state index in [4.69, 9.17) is 0 Å². The van der Waals surface area contributed by atoms with Crippen LogP contribution in [0.15, 0.2) is 102 Å². The van der Waals surface area contributed by atoms with Gasteiger partial charge in [0.05, 0.1) is 17.4 Å². The summed E-state index contributed by atoms with van der Waals surface area (Å²) in [6.45, 7) is 5.15. The number of amides is 1. The molecule has 0 saturated carbocycles. The van der Waals surface area contributed by atoms with Crippen molar-refractivity contribution in [2.75, 3.05) is 11.9 Å². The number of hydrogen-bond donors (Lipinski definition) is 2. The molecule has 0 aliphatic carbocycles. The third kappa shape index (κ3) is 5.47. The number of para-hydroxylation sites is 1. The van der Waals surface area contributed by atoms with Gasteiger partial charge in [-0.25, -0.2) is 9.79 Å². The third-order valence-corrected chi connectivity index (χ3v) is 5.88. The molecule has 0 aromatic heterocycles. The van der Waals surface area contributed by atoms with Crippen LogP contribution >= 0.6 is 0 Å². The first kappa shape index (κ1) is 23.1. The summed E-state index contributed by atoms with van der Waals surface area (Å²) in [5.41, 5.74) is 3.30. The van der Waals surface area contributed by atoms with Gasteiger partial charge in [0.25, 0.3) is 0 Å². The first-order valence-electron chi connectivity index (χ1n) is 11.3. The molecule has 0 spiro atoms. The van der Waals surface area contributed by atoms with Crippen LogP contribution in [0.25, 0.3) is 0 Å². The standard InChI is InChI=1S/C28H27N3O3/c1-20(28(33)34)29-26(22-13-6-3-7-14-22)23-15-8-9-16-24(23)30-27(32)25-17-10-18-31(25)19-21-11-4-2-5-12-21/h2-9,11-16,25H,1,10,17-19H2,(H,30,32)(H,33,34)/t25-/m0/s1. The molecule has 0 radical (unpaired) electrons. The summed E-state index contributed by atoms with van der Waals surface area (Å²) in [6.07, 6.45) is 1.75. The van der Waals surface area contributed by atoms with Crippen LogP contribution in [0.1, 0.15) is 29.5 Å². The van der Waals surface area contributed by atoms with Crippen LogP contribution in [0.2, 0.25) is 0 Å². The summed E-state index contributed by atoms with van der Waals surface area (Å²) in [6, 6.07) is 26.5. The maximum Gasteiger partial charge on any atom is 0.353 e. The van der Waals surface area contributed by atoms with E-state index >= 15 is 0 Å². The van der Waals surface area contributed by atoms with Crippen molar-refractivity contribution in [3.63, 3.8) is 0 Å². The molecule has 1 aliphatic heterocycles. The van der Waals surface area contributed by atoms with Crippen molar-refractivity contribution >= 4 is 23.3 Å². The van der Waals surface area contributed by atoms with Crippen molar-refractivity contribution in [1.29, 1.82) is 0 Å². The predicted octanol–water partition coefficient (Wildman–Crippen LogP) is 4.73. The van der Waals surface area contributed by atoms with E-state index in [2.05, 4.69) is 33.9 Å². The molecule has 3 aromatic carbocycles. The van der Waals surface area contributed by atoms with E-state index in [0.29, 0.717) is 17.0 Å². The Balaban J connectivity index is 1.61. The normalized spacial score (nSPS) is 16.2. The van der Waals surface area contributed by atoms with Crippen LogP contribution in [0, 0.1) is 0 Å². The SMILES string of the molecule is C=C(N=C(c1ccccc1)c1ccccc1NC(=O)[C@@H]1CCCN1Cc1ccccc1)C(=O)O. The minimum Gasteiger partial charge on any atom is -0.477 e. The molecule has 1 amide bonds. The topological polar surface area (TPSA) is 82.0 Å². The van der Waals surface area contributed by atoms with Gasteiger partial charge in [0, 0.05) is 17.7 Å². The van der Waals surface area contributed by atoms with Crippen molar-refractivity contribution in [3.8, 4) is 0 Å². The van der Waals surface area contributed by atoms with Crippen molar-refractivity contribution in [2.45, 2.75) is 25.4 Å². The second-order valence-corrected chi connectivity index (χ2v) is 8.23. The molecule has 6 heteroatoms. The highest BCUT2D eigenvalue weighted by Crippen LogP contribution is 2.25. The molecule has 34 heavy (non-hydrogen) atoms. The van der Waals surface area contributed by atoms with E-state index in [9.17, 15) is 14.7 Å². The van der Waals surface area contributed by atoms with Gasteiger partial charge < -0.3 is 10.4 Å². The molecule has 0 bridgehead atoms. The minimum absolute atomic E-state index is 0.0784. The predicted molar refractivity (Wildman–Crippen MR) is 134 cm³/mol. The number of rotatable bonds is 8. The number of benzene rings is 3. The van der Waals surface area contributed by atoms with Crippen LogP contribution in [-0.2, 0) is 16.1 Å². The monoisotopic (exact) mass is 453 g/mol. The molecule has 6 nitrogen and oxygen atoms in total. The van der Waals surface area contributed by atoms with E-state index in [-0.39, 0.29) is 17.6 Å². The average molecular weight is 454 g/mol. The molecule has 0 unspecified atom stereocenters. The van der Waals surface area contributed by atoms with E-state index in [1.807, 2.05) is 72.8 Å².